The lowest BCUT2D eigenvalue weighted by Gasteiger charge is -2.21. The van der Waals surface area contributed by atoms with Crippen LogP contribution in [-0.4, -0.2) is 33.0 Å². The molecule has 0 saturated carbocycles. The van der Waals surface area contributed by atoms with Crippen molar-refractivity contribution in [3.05, 3.63) is 22.2 Å². The number of ether oxygens (including phenoxy) is 3. The van der Waals surface area contributed by atoms with Crippen molar-refractivity contribution in [3.8, 4) is 11.5 Å². The van der Waals surface area contributed by atoms with Crippen LogP contribution in [0.25, 0.3) is 0 Å². The van der Waals surface area contributed by atoms with E-state index in [1.165, 1.54) is 5.56 Å². The molecule has 0 aliphatic carbocycles. The smallest absolute Gasteiger partial charge is 0.175 e. The third kappa shape index (κ3) is 4.09. The van der Waals surface area contributed by atoms with Crippen LogP contribution < -0.4 is 14.8 Å². The largest absolute Gasteiger partial charge is 0.486 e. The van der Waals surface area contributed by atoms with Crippen molar-refractivity contribution in [2.24, 2.45) is 0 Å². The topological polar surface area (TPSA) is 39.7 Å². The van der Waals surface area contributed by atoms with Gasteiger partial charge in [0.2, 0.25) is 0 Å². The third-order valence-corrected chi connectivity index (χ3v) is 3.66. The Morgan fingerprint density at radius 1 is 1.37 bits per heavy atom. The summed E-state index contributed by atoms with van der Waals surface area (Å²) >= 11 is 3.53. The zero-order chi connectivity index (χ0) is 13.7. The van der Waals surface area contributed by atoms with Crippen molar-refractivity contribution in [1.29, 1.82) is 0 Å². The van der Waals surface area contributed by atoms with E-state index in [1.807, 2.05) is 6.07 Å². The van der Waals surface area contributed by atoms with E-state index in [9.17, 15) is 0 Å². The molecular formula is C14H20BrNO3. The zero-order valence-corrected chi connectivity index (χ0v) is 13.0. The van der Waals surface area contributed by atoms with E-state index in [-0.39, 0.29) is 0 Å². The number of fused-ring (bicyclic) bond motifs is 1. The van der Waals surface area contributed by atoms with Crippen LogP contribution in [0.3, 0.4) is 0 Å². The van der Waals surface area contributed by atoms with Crippen LogP contribution >= 0.6 is 15.9 Å². The first kappa shape index (κ1) is 14.6. The molecule has 0 fully saturated rings. The van der Waals surface area contributed by atoms with Gasteiger partial charge in [0.15, 0.2) is 11.5 Å². The van der Waals surface area contributed by atoms with Gasteiger partial charge in [-0.25, -0.2) is 0 Å². The predicted octanol–water partition coefficient (Wildman–Crippen LogP) is 2.73. The molecule has 5 heteroatoms. The summed E-state index contributed by atoms with van der Waals surface area (Å²) in [6, 6.07) is 4.53. The van der Waals surface area contributed by atoms with Crippen LogP contribution in [0.4, 0.5) is 0 Å². The number of nitrogens with one attached hydrogen (secondary N) is 1. The number of rotatable bonds is 6. The molecule has 19 heavy (non-hydrogen) atoms. The maximum absolute atomic E-state index is 5.61. The monoisotopic (exact) mass is 329 g/mol. The van der Waals surface area contributed by atoms with E-state index >= 15 is 0 Å². The number of benzene rings is 1. The fraction of sp³-hybridized carbons (Fsp3) is 0.571. The molecular weight excluding hydrogens is 310 g/mol. The molecule has 0 radical (unpaired) electrons. The van der Waals surface area contributed by atoms with E-state index in [1.54, 1.807) is 7.11 Å². The minimum atomic E-state index is 0.423. The molecule has 4 nitrogen and oxygen atoms in total. The number of hydrogen-bond acceptors (Lipinski definition) is 4. The molecule has 1 atom stereocenters. The standard InChI is InChI=1S/C14H20BrNO3/c1-10(3-4-17-2)16-9-11-7-12(15)14-13(8-11)18-5-6-19-14/h7-8,10,16H,3-6,9H2,1-2H3. The Morgan fingerprint density at radius 3 is 2.95 bits per heavy atom. The van der Waals surface area contributed by atoms with Crippen LogP contribution in [0, 0.1) is 0 Å². The first-order chi connectivity index (χ1) is 9.20. The Balaban J connectivity index is 1.95. The molecule has 2 rings (SSSR count). The van der Waals surface area contributed by atoms with E-state index < -0.39 is 0 Å². The molecule has 1 N–H and O–H groups in total. The first-order valence-electron chi connectivity index (χ1n) is 6.51. The summed E-state index contributed by atoms with van der Waals surface area (Å²) in [5.74, 6) is 1.63. The highest BCUT2D eigenvalue weighted by molar-refractivity contribution is 9.10. The second-order valence-electron chi connectivity index (χ2n) is 4.67. The van der Waals surface area contributed by atoms with E-state index in [0.29, 0.717) is 19.3 Å². The Hall–Kier alpha value is -0.780. The second-order valence-corrected chi connectivity index (χ2v) is 5.52. The van der Waals surface area contributed by atoms with Crippen molar-refractivity contribution in [3.63, 3.8) is 0 Å². The quantitative estimate of drug-likeness (QED) is 0.871. The van der Waals surface area contributed by atoms with Gasteiger partial charge in [0.05, 0.1) is 4.47 Å². The average Bonchev–Trinajstić information content (AvgIpc) is 2.43. The number of halogens is 1. The summed E-state index contributed by atoms with van der Waals surface area (Å²) in [5.41, 5.74) is 1.18. The van der Waals surface area contributed by atoms with Crippen molar-refractivity contribution in [2.75, 3.05) is 26.9 Å². The van der Waals surface area contributed by atoms with Gasteiger partial charge in [0.1, 0.15) is 13.2 Å². The molecule has 1 aromatic rings. The summed E-state index contributed by atoms with van der Waals surface area (Å²) in [7, 11) is 1.73. The highest BCUT2D eigenvalue weighted by Gasteiger charge is 2.16. The minimum absolute atomic E-state index is 0.423. The van der Waals surface area contributed by atoms with E-state index in [2.05, 4.69) is 34.2 Å². The van der Waals surface area contributed by atoms with Crippen LogP contribution in [0.2, 0.25) is 0 Å². The molecule has 1 aliphatic rings. The van der Waals surface area contributed by atoms with Gasteiger partial charge < -0.3 is 19.5 Å². The van der Waals surface area contributed by atoms with Gasteiger partial charge in [0, 0.05) is 26.3 Å². The number of methoxy groups -OCH3 is 1. The molecule has 1 aliphatic heterocycles. The van der Waals surface area contributed by atoms with Crippen LogP contribution in [0.1, 0.15) is 18.9 Å². The predicted molar refractivity (Wildman–Crippen MR) is 77.9 cm³/mol. The maximum atomic E-state index is 5.61. The molecule has 0 amide bonds. The highest BCUT2D eigenvalue weighted by atomic mass is 79.9. The molecule has 1 unspecified atom stereocenters. The van der Waals surface area contributed by atoms with Gasteiger partial charge in [0.25, 0.3) is 0 Å². The lowest BCUT2D eigenvalue weighted by molar-refractivity contribution is 0.170. The normalized spacial score (nSPS) is 15.3. The van der Waals surface area contributed by atoms with Gasteiger partial charge in [-0.1, -0.05) is 0 Å². The SMILES string of the molecule is COCCC(C)NCc1cc(Br)c2c(c1)OCCO2. The first-order valence-corrected chi connectivity index (χ1v) is 7.30. The summed E-state index contributed by atoms with van der Waals surface area (Å²) < 4.78 is 17.2. The fourth-order valence-corrected chi connectivity index (χ4v) is 2.56. The second kappa shape index (κ2) is 7.12. The fourth-order valence-electron chi connectivity index (χ4n) is 1.96. The van der Waals surface area contributed by atoms with Crippen molar-refractivity contribution in [2.45, 2.75) is 25.9 Å². The van der Waals surface area contributed by atoms with Crippen LogP contribution in [0.5, 0.6) is 11.5 Å². The third-order valence-electron chi connectivity index (χ3n) is 3.07. The lowest BCUT2D eigenvalue weighted by Crippen LogP contribution is -2.26. The average molecular weight is 330 g/mol. The van der Waals surface area contributed by atoms with Crippen molar-refractivity contribution in [1.82, 2.24) is 5.32 Å². The summed E-state index contributed by atoms with van der Waals surface area (Å²) in [6.07, 6.45) is 1.00. The van der Waals surface area contributed by atoms with E-state index in [0.717, 1.165) is 35.5 Å². The molecule has 1 aromatic carbocycles. The zero-order valence-electron chi connectivity index (χ0n) is 11.4. The molecule has 0 aromatic heterocycles. The number of hydrogen-bond donors (Lipinski definition) is 1. The summed E-state index contributed by atoms with van der Waals surface area (Å²) in [6.45, 7) is 4.96. The van der Waals surface area contributed by atoms with Crippen molar-refractivity contribution < 1.29 is 14.2 Å². The van der Waals surface area contributed by atoms with Gasteiger partial charge in [-0.05, 0) is 47.0 Å². The Labute approximate surface area is 122 Å². The van der Waals surface area contributed by atoms with Gasteiger partial charge >= 0.3 is 0 Å². The molecule has 106 valence electrons. The lowest BCUT2D eigenvalue weighted by atomic mass is 10.1. The van der Waals surface area contributed by atoms with Gasteiger partial charge in [-0.2, -0.15) is 0 Å². The molecule has 0 spiro atoms. The van der Waals surface area contributed by atoms with Crippen LogP contribution in [0.15, 0.2) is 16.6 Å². The highest BCUT2D eigenvalue weighted by Crippen LogP contribution is 2.38. The van der Waals surface area contributed by atoms with Gasteiger partial charge in [-0.15, -0.1) is 0 Å². The Morgan fingerprint density at radius 2 is 2.16 bits per heavy atom. The Kier molecular flexibility index (Phi) is 5.48. The van der Waals surface area contributed by atoms with Crippen LogP contribution in [-0.2, 0) is 11.3 Å². The van der Waals surface area contributed by atoms with E-state index in [4.69, 9.17) is 14.2 Å². The molecule has 0 saturated heterocycles. The molecule has 0 bridgehead atoms. The minimum Gasteiger partial charge on any atom is -0.486 e. The summed E-state index contributed by atoms with van der Waals surface area (Å²) in [5, 5.41) is 3.47. The maximum Gasteiger partial charge on any atom is 0.175 e. The summed E-state index contributed by atoms with van der Waals surface area (Å²) in [4.78, 5) is 0. The van der Waals surface area contributed by atoms with Crippen molar-refractivity contribution >= 4 is 15.9 Å². The molecule has 1 heterocycles. The van der Waals surface area contributed by atoms with Gasteiger partial charge in [-0.3, -0.25) is 0 Å². The Bertz CT molecular complexity index is 425.